The first kappa shape index (κ1) is 11.1. The molecule has 0 spiro atoms. The highest BCUT2D eigenvalue weighted by molar-refractivity contribution is 5.66. The van der Waals surface area contributed by atoms with Gasteiger partial charge in [-0.3, -0.25) is 0 Å². The molecular formula is C15H17N3. The topological polar surface area (TPSA) is 50.9 Å². The Morgan fingerprint density at radius 3 is 2.78 bits per heavy atom. The average Bonchev–Trinajstić information content (AvgIpc) is 3.15. The number of nitrogens with one attached hydrogen (secondary N) is 1. The summed E-state index contributed by atoms with van der Waals surface area (Å²) < 4.78 is 0. The van der Waals surface area contributed by atoms with Gasteiger partial charge in [-0.1, -0.05) is 30.3 Å². The van der Waals surface area contributed by atoms with Crippen molar-refractivity contribution in [3.63, 3.8) is 0 Å². The van der Waals surface area contributed by atoms with Gasteiger partial charge >= 0.3 is 0 Å². The van der Waals surface area contributed by atoms with Gasteiger partial charge in [-0.25, -0.2) is 4.98 Å². The number of anilines is 2. The van der Waals surface area contributed by atoms with Crippen LogP contribution < -0.4 is 11.1 Å². The molecule has 3 rings (SSSR count). The lowest BCUT2D eigenvalue weighted by Crippen LogP contribution is -2.09. The normalized spacial score (nSPS) is 21.6. The highest BCUT2D eigenvalue weighted by Gasteiger charge is 2.38. The number of nitrogens with zero attached hydrogens (tertiary/aromatic N) is 1. The molecule has 3 nitrogen and oxygen atoms in total. The van der Waals surface area contributed by atoms with E-state index in [1.807, 2.05) is 13.0 Å². The highest BCUT2D eigenvalue weighted by Crippen LogP contribution is 2.43. The summed E-state index contributed by atoms with van der Waals surface area (Å²) in [6.45, 7) is 2.00. The quantitative estimate of drug-likeness (QED) is 0.865. The molecule has 0 amide bonds. The van der Waals surface area contributed by atoms with Crippen molar-refractivity contribution in [3.8, 4) is 0 Å². The Bertz CT molecular complexity index is 551. The molecule has 1 aromatic heterocycles. The van der Waals surface area contributed by atoms with Crippen molar-refractivity contribution >= 4 is 11.5 Å². The number of benzene rings is 1. The Morgan fingerprint density at radius 1 is 1.22 bits per heavy atom. The number of hydrogen-bond donors (Lipinski definition) is 2. The van der Waals surface area contributed by atoms with Crippen molar-refractivity contribution in [2.45, 2.75) is 25.3 Å². The molecule has 1 aromatic carbocycles. The van der Waals surface area contributed by atoms with Crippen LogP contribution in [0.15, 0.2) is 42.6 Å². The molecule has 1 fully saturated rings. The zero-order chi connectivity index (χ0) is 12.5. The van der Waals surface area contributed by atoms with Gasteiger partial charge in [0.05, 0.1) is 5.69 Å². The first-order valence-electron chi connectivity index (χ1n) is 6.28. The maximum atomic E-state index is 6.02. The van der Waals surface area contributed by atoms with E-state index in [0.717, 1.165) is 23.5 Å². The molecule has 2 atom stereocenters. The third-order valence-corrected chi connectivity index (χ3v) is 3.55. The van der Waals surface area contributed by atoms with Gasteiger partial charge in [-0.15, -0.1) is 0 Å². The predicted octanol–water partition coefficient (Wildman–Crippen LogP) is 2.94. The van der Waals surface area contributed by atoms with E-state index in [1.165, 1.54) is 5.56 Å². The third kappa shape index (κ3) is 2.04. The van der Waals surface area contributed by atoms with Gasteiger partial charge < -0.3 is 11.1 Å². The van der Waals surface area contributed by atoms with Crippen LogP contribution in [0.4, 0.5) is 11.5 Å². The summed E-state index contributed by atoms with van der Waals surface area (Å²) in [7, 11) is 0. The summed E-state index contributed by atoms with van der Waals surface area (Å²) in [5, 5.41) is 3.44. The first-order chi connectivity index (χ1) is 8.75. The second kappa shape index (κ2) is 4.33. The number of aromatic nitrogens is 1. The average molecular weight is 239 g/mol. The SMILES string of the molecule is Cc1ccnc(NC2CC2c2ccccc2)c1N. The molecule has 1 saturated carbocycles. The maximum absolute atomic E-state index is 6.02. The zero-order valence-electron chi connectivity index (χ0n) is 10.4. The number of aryl methyl sites for hydroxylation is 1. The standard InChI is InChI=1S/C15H17N3/c1-10-7-8-17-15(14(10)16)18-13-9-12(13)11-5-3-2-4-6-11/h2-8,12-13H,9,16H2,1H3,(H,17,18). The number of nitrogen functional groups attached to an aromatic ring is 1. The number of hydrogen-bond acceptors (Lipinski definition) is 3. The van der Waals surface area contributed by atoms with Gasteiger partial charge in [0.2, 0.25) is 0 Å². The Kier molecular flexibility index (Phi) is 2.67. The van der Waals surface area contributed by atoms with Crippen molar-refractivity contribution in [1.29, 1.82) is 0 Å². The van der Waals surface area contributed by atoms with E-state index < -0.39 is 0 Å². The van der Waals surface area contributed by atoms with Crippen molar-refractivity contribution in [1.82, 2.24) is 4.98 Å². The molecule has 1 aliphatic carbocycles. The van der Waals surface area contributed by atoms with E-state index in [0.29, 0.717) is 12.0 Å². The van der Waals surface area contributed by atoms with E-state index in [9.17, 15) is 0 Å². The molecule has 2 aromatic rings. The van der Waals surface area contributed by atoms with Crippen LogP contribution in [0.1, 0.15) is 23.5 Å². The van der Waals surface area contributed by atoms with Gasteiger partial charge in [-0.2, -0.15) is 0 Å². The number of nitrogens with two attached hydrogens (primary N) is 1. The molecule has 92 valence electrons. The fourth-order valence-electron chi connectivity index (χ4n) is 2.28. The van der Waals surface area contributed by atoms with Crippen LogP contribution in [0.25, 0.3) is 0 Å². The fraction of sp³-hybridized carbons (Fsp3) is 0.267. The summed E-state index contributed by atoms with van der Waals surface area (Å²) >= 11 is 0. The Balaban J connectivity index is 1.71. The van der Waals surface area contributed by atoms with Crippen LogP contribution in [0.2, 0.25) is 0 Å². The number of rotatable bonds is 3. The van der Waals surface area contributed by atoms with Crippen LogP contribution in [-0.2, 0) is 0 Å². The molecule has 1 heterocycles. The Labute approximate surface area is 107 Å². The number of pyridine rings is 1. The minimum atomic E-state index is 0.462. The smallest absolute Gasteiger partial charge is 0.149 e. The summed E-state index contributed by atoms with van der Waals surface area (Å²) in [4.78, 5) is 4.31. The third-order valence-electron chi connectivity index (χ3n) is 3.55. The van der Waals surface area contributed by atoms with Crippen molar-refractivity contribution in [2.75, 3.05) is 11.1 Å². The molecule has 0 bridgehead atoms. The lowest BCUT2D eigenvalue weighted by atomic mass is 10.1. The predicted molar refractivity (Wildman–Crippen MR) is 74.6 cm³/mol. The fourth-order valence-corrected chi connectivity index (χ4v) is 2.28. The van der Waals surface area contributed by atoms with E-state index in [2.05, 4.69) is 40.6 Å². The minimum Gasteiger partial charge on any atom is -0.396 e. The molecular weight excluding hydrogens is 222 g/mol. The van der Waals surface area contributed by atoms with E-state index >= 15 is 0 Å². The van der Waals surface area contributed by atoms with Gasteiger partial charge in [0.25, 0.3) is 0 Å². The highest BCUT2D eigenvalue weighted by atomic mass is 15.1. The van der Waals surface area contributed by atoms with Gasteiger partial charge in [0.15, 0.2) is 0 Å². The van der Waals surface area contributed by atoms with Gasteiger partial charge in [0, 0.05) is 18.2 Å². The minimum absolute atomic E-state index is 0.462. The molecule has 3 N–H and O–H groups in total. The van der Waals surface area contributed by atoms with Crippen LogP contribution in [0.3, 0.4) is 0 Å². The van der Waals surface area contributed by atoms with Crippen molar-refractivity contribution < 1.29 is 0 Å². The molecule has 0 saturated heterocycles. The van der Waals surface area contributed by atoms with Crippen LogP contribution in [-0.4, -0.2) is 11.0 Å². The molecule has 3 heteroatoms. The second-order valence-electron chi connectivity index (χ2n) is 4.89. The molecule has 1 aliphatic rings. The largest absolute Gasteiger partial charge is 0.396 e. The van der Waals surface area contributed by atoms with Crippen LogP contribution in [0, 0.1) is 6.92 Å². The summed E-state index contributed by atoms with van der Waals surface area (Å²) in [6.07, 6.45) is 2.95. The van der Waals surface area contributed by atoms with Crippen LogP contribution >= 0.6 is 0 Å². The molecule has 2 unspecified atom stereocenters. The van der Waals surface area contributed by atoms with E-state index in [1.54, 1.807) is 6.20 Å². The second-order valence-corrected chi connectivity index (χ2v) is 4.89. The summed E-state index contributed by atoms with van der Waals surface area (Å²) in [6, 6.07) is 13.0. The maximum Gasteiger partial charge on any atom is 0.149 e. The zero-order valence-corrected chi connectivity index (χ0v) is 10.4. The molecule has 18 heavy (non-hydrogen) atoms. The van der Waals surface area contributed by atoms with Crippen molar-refractivity contribution in [2.24, 2.45) is 0 Å². The summed E-state index contributed by atoms with van der Waals surface area (Å²) in [5.41, 5.74) is 9.24. The molecule has 0 aliphatic heterocycles. The molecule has 0 radical (unpaired) electrons. The van der Waals surface area contributed by atoms with Crippen LogP contribution in [0.5, 0.6) is 0 Å². The Hall–Kier alpha value is -2.03. The van der Waals surface area contributed by atoms with E-state index in [-0.39, 0.29) is 0 Å². The van der Waals surface area contributed by atoms with E-state index in [4.69, 9.17) is 5.73 Å². The lowest BCUT2D eigenvalue weighted by molar-refractivity contribution is 1.03. The van der Waals surface area contributed by atoms with Crippen molar-refractivity contribution in [3.05, 3.63) is 53.7 Å². The lowest BCUT2D eigenvalue weighted by Gasteiger charge is -2.09. The van der Waals surface area contributed by atoms with Gasteiger partial charge in [-0.05, 0) is 30.5 Å². The van der Waals surface area contributed by atoms with Gasteiger partial charge in [0.1, 0.15) is 5.82 Å². The first-order valence-corrected chi connectivity index (χ1v) is 6.28. The summed E-state index contributed by atoms with van der Waals surface area (Å²) in [5.74, 6) is 1.41. The Morgan fingerprint density at radius 2 is 2.00 bits per heavy atom. The monoisotopic (exact) mass is 239 g/mol.